The first-order chi connectivity index (χ1) is 8.60. The molecule has 0 unspecified atom stereocenters. The van der Waals surface area contributed by atoms with Gasteiger partial charge in [-0.05, 0) is 31.5 Å². The second-order valence-corrected chi connectivity index (χ2v) is 4.87. The van der Waals surface area contributed by atoms with Crippen LogP contribution < -0.4 is 16.6 Å². The topological polar surface area (TPSA) is 75.9 Å². The lowest BCUT2D eigenvalue weighted by Crippen LogP contribution is -2.11. The van der Waals surface area contributed by atoms with E-state index in [1.807, 2.05) is 32.0 Å². The van der Waals surface area contributed by atoms with Gasteiger partial charge in [0, 0.05) is 21.9 Å². The van der Waals surface area contributed by atoms with Gasteiger partial charge in [0.15, 0.2) is 0 Å². The molecule has 0 aliphatic rings. The highest BCUT2D eigenvalue weighted by Gasteiger charge is 2.05. The Bertz CT molecular complexity index is 570. The molecule has 94 valence electrons. The Morgan fingerprint density at radius 1 is 1.22 bits per heavy atom. The van der Waals surface area contributed by atoms with E-state index in [0.29, 0.717) is 5.95 Å². The van der Waals surface area contributed by atoms with Crippen LogP contribution >= 0.6 is 15.9 Å². The molecule has 18 heavy (non-hydrogen) atoms. The van der Waals surface area contributed by atoms with Crippen LogP contribution in [-0.2, 0) is 0 Å². The third-order valence-electron chi connectivity index (χ3n) is 2.55. The van der Waals surface area contributed by atoms with Gasteiger partial charge in [-0.3, -0.25) is 5.43 Å². The maximum absolute atomic E-state index is 5.31. The van der Waals surface area contributed by atoms with E-state index in [-0.39, 0.29) is 0 Å². The fourth-order valence-corrected chi connectivity index (χ4v) is 1.86. The Morgan fingerprint density at radius 2 is 2.00 bits per heavy atom. The van der Waals surface area contributed by atoms with Gasteiger partial charge >= 0.3 is 0 Å². The first-order valence-corrected chi connectivity index (χ1v) is 6.23. The van der Waals surface area contributed by atoms with E-state index in [0.717, 1.165) is 27.1 Å². The Kier molecular flexibility index (Phi) is 3.78. The molecule has 0 aliphatic heterocycles. The molecule has 0 spiro atoms. The zero-order valence-electron chi connectivity index (χ0n) is 10.2. The molecule has 0 atom stereocenters. The number of aromatic nitrogens is 2. The van der Waals surface area contributed by atoms with Crippen LogP contribution in [0, 0.1) is 13.8 Å². The molecule has 1 aromatic carbocycles. The van der Waals surface area contributed by atoms with Gasteiger partial charge in [-0.1, -0.05) is 22.0 Å². The van der Waals surface area contributed by atoms with Crippen molar-refractivity contribution < 1.29 is 0 Å². The van der Waals surface area contributed by atoms with Crippen molar-refractivity contribution in [3.63, 3.8) is 0 Å². The highest BCUT2D eigenvalue weighted by molar-refractivity contribution is 9.10. The van der Waals surface area contributed by atoms with Crippen LogP contribution in [0.1, 0.15) is 11.1 Å². The molecule has 4 N–H and O–H groups in total. The van der Waals surface area contributed by atoms with E-state index in [1.165, 1.54) is 0 Å². The summed E-state index contributed by atoms with van der Waals surface area (Å²) in [4.78, 5) is 8.33. The molecule has 2 aromatic rings. The summed E-state index contributed by atoms with van der Waals surface area (Å²) in [5, 5.41) is 3.28. The van der Waals surface area contributed by atoms with Gasteiger partial charge in [0.25, 0.3) is 0 Å². The number of anilines is 3. The van der Waals surface area contributed by atoms with Crippen molar-refractivity contribution in [2.45, 2.75) is 13.8 Å². The average molecular weight is 308 g/mol. The van der Waals surface area contributed by atoms with Gasteiger partial charge in [0.05, 0.1) is 0 Å². The van der Waals surface area contributed by atoms with Crippen molar-refractivity contribution in [3.8, 4) is 0 Å². The first kappa shape index (κ1) is 12.8. The summed E-state index contributed by atoms with van der Waals surface area (Å²) < 4.78 is 1.01. The fourth-order valence-electron chi connectivity index (χ4n) is 1.49. The molecule has 0 bridgehead atoms. The van der Waals surface area contributed by atoms with Crippen LogP contribution in [0.4, 0.5) is 17.5 Å². The van der Waals surface area contributed by atoms with Gasteiger partial charge in [-0.25, -0.2) is 10.8 Å². The molecule has 6 heteroatoms. The van der Waals surface area contributed by atoms with Gasteiger partial charge in [-0.2, -0.15) is 4.98 Å². The van der Waals surface area contributed by atoms with Crippen molar-refractivity contribution in [2.24, 2.45) is 5.84 Å². The number of nitrogen functional groups attached to an aromatic ring is 1. The van der Waals surface area contributed by atoms with Crippen molar-refractivity contribution in [2.75, 3.05) is 10.7 Å². The zero-order valence-corrected chi connectivity index (χ0v) is 11.7. The number of halogens is 1. The minimum Gasteiger partial charge on any atom is -0.340 e. The molecule has 0 amide bonds. The monoisotopic (exact) mass is 307 g/mol. The largest absolute Gasteiger partial charge is 0.340 e. The zero-order chi connectivity index (χ0) is 13.1. The lowest BCUT2D eigenvalue weighted by Gasteiger charge is -2.12. The lowest BCUT2D eigenvalue weighted by atomic mass is 10.2. The van der Waals surface area contributed by atoms with Gasteiger partial charge in [0.1, 0.15) is 5.82 Å². The maximum Gasteiger partial charge on any atom is 0.239 e. The standard InChI is InChI=1S/C12H14BrN5/c1-7-3-4-9(13)5-10(7)16-11-8(2)6-15-12(17-11)18-14/h3-6H,14H2,1-2H3,(H2,15,16,17,18). The predicted molar refractivity (Wildman–Crippen MR) is 76.7 cm³/mol. The highest BCUT2D eigenvalue weighted by atomic mass is 79.9. The second kappa shape index (κ2) is 5.32. The quantitative estimate of drug-likeness (QED) is 0.600. The Labute approximate surface area is 114 Å². The first-order valence-electron chi connectivity index (χ1n) is 5.43. The molecule has 0 radical (unpaired) electrons. The lowest BCUT2D eigenvalue weighted by molar-refractivity contribution is 1.09. The number of nitrogens with one attached hydrogen (secondary N) is 2. The van der Waals surface area contributed by atoms with Gasteiger partial charge in [0.2, 0.25) is 5.95 Å². The summed E-state index contributed by atoms with van der Waals surface area (Å²) in [5.74, 6) is 6.43. The maximum atomic E-state index is 5.31. The SMILES string of the molecule is Cc1ccc(Br)cc1Nc1nc(NN)ncc1C. The summed E-state index contributed by atoms with van der Waals surface area (Å²) in [6.07, 6.45) is 1.72. The molecule has 0 aliphatic carbocycles. The molecule has 1 heterocycles. The second-order valence-electron chi connectivity index (χ2n) is 3.95. The molecular weight excluding hydrogens is 294 g/mol. The van der Waals surface area contributed by atoms with Crippen molar-refractivity contribution >= 4 is 33.4 Å². The van der Waals surface area contributed by atoms with E-state index in [4.69, 9.17) is 5.84 Å². The molecule has 0 fully saturated rings. The highest BCUT2D eigenvalue weighted by Crippen LogP contribution is 2.25. The van der Waals surface area contributed by atoms with Crippen LogP contribution in [0.15, 0.2) is 28.9 Å². The summed E-state index contributed by atoms with van der Waals surface area (Å²) in [6.45, 7) is 3.98. The number of nitrogens with zero attached hydrogens (tertiary/aromatic N) is 2. The minimum absolute atomic E-state index is 0.385. The predicted octanol–water partition coefficient (Wildman–Crippen LogP) is 2.89. The summed E-state index contributed by atoms with van der Waals surface area (Å²) in [5.41, 5.74) is 5.52. The number of hydrogen-bond acceptors (Lipinski definition) is 5. The third kappa shape index (κ3) is 2.77. The number of rotatable bonds is 3. The third-order valence-corrected chi connectivity index (χ3v) is 3.05. The smallest absolute Gasteiger partial charge is 0.239 e. The number of hydrazine groups is 1. The van der Waals surface area contributed by atoms with Crippen molar-refractivity contribution in [3.05, 3.63) is 40.0 Å². The number of nitrogens with two attached hydrogens (primary N) is 1. The van der Waals surface area contributed by atoms with Gasteiger partial charge < -0.3 is 5.32 Å². The van der Waals surface area contributed by atoms with Crippen LogP contribution in [0.2, 0.25) is 0 Å². The number of hydrogen-bond donors (Lipinski definition) is 3. The Hall–Kier alpha value is -1.66. The summed E-state index contributed by atoms with van der Waals surface area (Å²) >= 11 is 3.45. The molecule has 0 saturated carbocycles. The van der Waals surface area contributed by atoms with Crippen molar-refractivity contribution in [1.29, 1.82) is 0 Å². The summed E-state index contributed by atoms with van der Waals surface area (Å²) in [6, 6.07) is 6.04. The molecule has 2 rings (SSSR count). The van der Waals surface area contributed by atoms with Crippen LogP contribution in [0.5, 0.6) is 0 Å². The number of aryl methyl sites for hydroxylation is 2. The average Bonchev–Trinajstić information content (AvgIpc) is 2.36. The van der Waals surface area contributed by atoms with Crippen molar-refractivity contribution in [1.82, 2.24) is 9.97 Å². The van der Waals surface area contributed by atoms with Crippen LogP contribution in [0.25, 0.3) is 0 Å². The fraction of sp³-hybridized carbons (Fsp3) is 0.167. The van der Waals surface area contributed by atoms with E-state index in [1.54, 1.807) is 6.20 Å². The van der Waals surface area contributed by atoms with E-state index < -0.39 is 0 Å². The normalized spacial score (nSPS) is 10.2. The molecule has 5 nitrogen and oxygen atoms in total. The van der Waals surface area contributed by atoms with E-state index in [2.05, 4.69) is 36.6 Å². The number of benzene rings is 1. The molecular formula is C12H14BrN5. The Balaban J connectivity index is 2.36. The van der Waals surface area contributed by atoms with E-state index in [9.17, 15) is 0 Å². The Morgan fingerprint density at radius 3 is 2.72 bits per heavy atom. The van der Waals surface area contributed by atoms with E-state index >= 15 is 0 Å². The van der Waals surface area contributed by atoms with Crippen LogP contribution in [0.3, 0.4) is 0 Å². The summed E-state index contributed by atoms with van der Waals surface area (Å²) in [7, 11) is 0. The molecule has 1 aromatic heterocycles. The minimum atomic E-state index is 0.385. The molecule has 0 saturated heterocycles. The van der Waals surface area contributed by atoms with Crippen LogP contribution in [-0.4, -0.2) is 9.97 Å². The van der Waals surface area contributed by atoms with Gasteiger partial charge in [-0.15, -0.1) is 0 Å².